The Morgan fingerprint density at radius 2 is 1.73 bits per heavy atom. The maximum absolute atomic E-state index is 6.13. The van der Waals surface area contributed by atoms with Gasteiger partial charge < -0.3 is 4.74 Å². The fourth-order valence-corrected chi connectivity index (χ4v) is 3.42. The van der Waals surface area contributed by atoms with Crippen molar-refractivity contribution in [1.82, 2.24) is 20.2 Å². The number of hydrogen-bond donors (Lipinski definition) is 0. The van der Waals surface area contributed by atoms with Crippen molar-refractivity contribution in [1.29, 1.82) is 0 Å². The highest BCUT2D eigenvalue weighted by Crippen LogP contribution is 2.34. The minimum Gasteiger partial charge on any atom is -0.363 e. The number of ether oxygens (including phenoxy) is 1. The molecule has 2 aromatic rings. The summed E-state index contributed by atoms with van der Waals surface area (Å²) in [6.07, 6.45) is 4.81. The highest BCUT2D eigenvalue weighted by molar-refractivity contribution is 5.49. The Morgan fingerprint density at radius 3 is 2.31 bits per heavy atom. The van der Waals surface area contributed by atoms with Crippen LogP contribution >= 0.6 is 0 Å². The zero-order chi connectivity index (χ0) is 19.4. The van der Waals surface area contributed by atoms with Gasteiger partial charge in [0.2, 0.25) is 0 Å². The quantitative estimate of drug-likeness (QED) is 0.698. The molecule has 0 aliphatic heterocycles. The van der Waals surface area contributed by atoms with E-state index in [-0.39, 0.29) is 23.2 Å². The van der Waals surface area contributed by atoms with E-state index in [9.17, 15) is 0 Å². The lowest BCUT2D eigenvalue weighted by Crippen LogP contribution is -2.34. The summed E-state index contributed by atoms with van der Waals surface area (Å²) in [5, 5.41) is 12.6. The average Bonchev–Trinajstić information content (AvgIpc) is 3.00. The summed E-state index contributed by atoms with van der Waals surface area (Å²) in [4.78, 5) is 0. The van der Waals surface area contributed by atoms with Crippen LogP contribution in [0.3, 0.4) is 0 Å². The first-order valence-electron chi connectivity index (χ1n) is 9.26. The Bertz CT molecular complexity index is 711. The number of nitrogens with zero attached hydrogens (tertiary/aromatic N) is 4. The summed E-state index contributed by atoms with van der Waals surface area (Å²) in [5.74, 6) is 0.736. The molecule has 26 heavy (non-hydrogen) atoms. The first kappa shape index (κ1) is 20.3. The van der Waals surface area contributed by atoms with Crippen molar-refractivity contribution >= 4 is 6.08 Å². The third kappa shape index (κ3) is 5.77. The molecule has 0 bridgehead atoms. The molecule has 0 fully saturated rings. The summed E-state index contributed by atoms with van der Waals surface area (Å²) in [6, 6.07) is 10.2. The molecule has 0 saturated heterocycles. The number of aromatic nitrogens is 4. The van der Waals surface area contributed by atoms with Crippen LogP contribution < -0.4 is 0 Å². The second-order valence-electron chi connectivity index (χ2n) is 8.87. The van der Waals surface area contributed by atoms with Gasteiger partial charge in [0.05, 0.1) is 11.6 Å². The molecule has 2 rings (SSSR count). The van der Waals surface area contributed by atoms with E-state index >= 15 is 0 Å². The zero-order valence-corrected chi connectivity index (χ0v) is 17.1. The van der Waals surface area contributed by atoms with Gasteiger partial charge in [-0.1, -0.05) is 57.2 Å². The van der Waals surface area contributed by atoms with Gasteiger partial charge in [0.25, 0.3) is 0 Å². The van der Waals surface area contributed by atoms with Crippen molar-refractivity contribution in [3.8, 4) is 0 Å². The van der Waals surface area contributed by atoms with Gasteiger partial charge in [-0.15, -0.1) is 5.10 Å². The molecule has 1 aromatic carbocycles. The highest BCUT2D eigenvalue weighted by Gasteiger charge is 2.32. The van der Waals surface area contributed by atoms with Crippen LogP contribution in [-0.4, -0.2) is 26.3 Å². The number of benzene rings is 1. The maximum Gasteiger partial charge on any atom is 0.184 e. The zero-order valence-electron chi connectivity index (χ0n) is 17.1. The molecule has 0 aliphatic rings. The van der Waals surface area contributed by atoms with Crippen LogP contribution in [0.15, 0.2) is 36.4 Å². The molecular formula is C21H32N4O. The third-order valence-electron chi connectivity index (χ3n) is 3.97. The van der Waals surface area contributed by atoms with E-state index in [2.05, 4.69) is 68.4 Å². The second kappa shape index (κ2) is 8.12. The van der Waals surface area contributed by atoms with Gasteiger partial charge in [-0.2, -0.15) is 0 Å². The fourth-order valence-electron chi connectivity index (χ4n) is 3.42. The first-order chi connectivity index (χ1) is 12.1. The Balaban J connectivity index is 2.35. The number of tetrazole rings is 1. The summed E-state index contributed by atoms with van der Waals surface area (Å²) in [5.41, 5.74) is 1.08. The van der Waals surface area contributed by atoms with Gasteiger partial charge >= 0.3 is 0 Å². The van der Waals surface area contributed by atoms with Crippen LogP contribution in [0.1, 0.15) is 72.4 Å². The topological polar surface area (TPSA) is 52.8 Å². The van der Waals surface area contributed by atoms with Gasteiger partial charge in [0.15, 0.2) is 5.82 Å². The standard InChI is InChI=1S/C21H32N4O/c1-16(2)26-18(14-13-17-11-9-8-10-12-17)19-22-23-24-25(19)21(6,7)15-20(3,4)5/h8-14,16,18H,15H2,1-7H3/b14-13+. The SMILES string of the molecule is CC(C)OC(/C=C/c1ccccc1)c1nnnn1C(C)(C)CC(C)(C)C. The average molecular weight is 357 g/mol. The van der Waals surface area contributed by atoms with E-state index in [1.54, 1.807) is 0 Å². The van der Waals surface area contributed by atoms with Crippen LogP contribution in [0.25, 0.3) is 6.08 Å². The van der Waals surface area contributed by atoms with Crippen molar-refractivity contribution in [2.75, 3.05) is 0 Å². The molecule has 1 unspecified atom stereocenters. The van der Waals surface area contributed by atoms with Crippen LogP contribution in [0, 0.1) is 5.41 Å². The molecule has 0 aliphatic carbocycles. The number of rotatable bonds is 7. The van der Waals surface area contributed by atoms with Crippen molar-refractivity contribution in [2.45, 2.75) is 72.6 Å². The molecule has 0 N–H and O–H groups in total. The van der Waals surface area contributed by atoms with Crippen molar-refractivity contribution in [3.63, 3.8) is 0 Å². The molecule has 5 heteroatoms. The molecule has 5 nitrogen and oxygen atoms in total. The van der Waals surface area contributed by atoms with Crippen molar-refractivity contribution in [3.05, 3.63) is 47.8 Å². The smallest absolute Gasteiger partial charge is 0.184 e. The van der Waals surface area contributed by atoms with Gasteiger partial charge in [-0.25, -0.2) is 4.68 Å². The molecule has 0 spiro atoms. The predicted octanol–water partition coefficient (Wildman–Crippen LogP) is 5.02. The van der Waals surface area contributed by atoms with Crippen LogP contribution in [0.2, 0.25) is 0 Å². The third-order valence-corrected chi connectivity index (χ3v) is 3.97. The van der Waals surface area contributed by atoms with Gasteiger partial charge in [0.1, 0.15) is 6.10 Å². The summed E-state index contributed by atoms with van der Waals surface area (Å²) < 4.78 is 8.05. The summed E-state index contributed by atoms with van der Waals surface area (Å²) in [7, 11) is 0. The Morgan fingerprint density at radius 1 is 1.08 bits per heavy atom. The lowest BCUT2D eigenvalue weighted by atomic mass is 9.82. The van der Waals surface area contributed by atoms with Crippen LogP contribution in [0.4, 0.5) is 0 Å². The minimum absolute atomic E-state index is 0.0660. The van der Waals surface area contributed by atoms with Crippen LogP contribution in [-0.2, 0) is 10.3 Å². The fraction of sp³-hybridized carbons (Fsp3) is 0.571. The van der Waals surface area contributed by atoms with E-state index in [1.807, 2.05) is 42.8 Å². The van der Waals surface area contributed by atoms with Crippen molar-refractivity contribution < 1.29 is 4.74 Å². The lowest BCUT2D eigenvalue weighted by Gasteiger charge is -2.33. The molecule has 142 valence electrons. The molecule has 0 amide bonds. The van der Waals surface area contributed by atoms with E-state index in [4.69, 9.17) is 4.74 Å². The Hall–Kier alpha value is -2.01. The van der Waals surface area contributed by atoms with E-state index < -0.39 is 0 Å². The van der Waals surface area contributed by atoms with Crippen molar-refractivity contribution in [2.24, 2.45) is 5.41 Å². The second-order valence-corrected chi connectivity index (χ2v) is 8.87. The first-order valence-corrected chi connectivity index (χ1v) is 9.26. The predicted molar refractivity (Wildman–Crippen MR) is 106 cm³/mol. The Kier molecular flexibility index (Phi) is 6.34. The summed E-state index contributed by atoms with van der Waals surface area (Å²) >= 11 is 0. The molecule has 0 radical (unpaired) electrons. The largest absolute Gasteiger partial charge is 0.363 e. The van der Waals surface area contributed by atoms with E-state index in [1.165, 1.54) is 0 Å². The maximum atomic E-state index is 6.13. The molecule has 1 atom stereocenters. The molecular weight excluding hydrogens is 324 g/mol. The highest BCUT2D eigenvalue weighted by atomic mass is 16.5. The molecule has 1 heterocycles. The Labute approximate surface area is 157 Å². The van der Waals surface area contributed by atoms with E-state index in [0.717, 1.165) is 17.8 Å². The normalized spacial score (nSPS) is 14.3. The minimum atomic E-state index is -0.301. The molecule has 1 aromatic heterocycles. The summed E-state index contributed by atoms with van der Waals surface area (Å²) in [6.45, 7) is 15.1. The van der Waals surface area contributed by atoms with Crippen LogP contribution in [0.5, 0.6) is 0 Å². The van der Waals surface area contributed by atoms with Gasteiger partial charge in [0, 0.05) is 0 Å². The molecule has 0 saturated carbocycles. The lowest BCUT2D eigenvalue weighted by molar-refractivity contribution is 0.0235. The van der Waals surface area contributed by atoms with Gasteiger partial charge in [-0.05, 0) is 61.6 Å². The number of hydrogen-bond acceptors (Lipinski definition) is 4. The van der Waals surface area contributed by atoms with E-state index in [0.29, 0.717) is 0 Å². The monoisotopic (exact) mass is 356 g/mol. The van der Waals surface area contributed by atoms with Gasteiger partial charge in [-0.3, -0.25) is 0 Å².